The molecule has 0 radical (unpaired) electrons. The highest BCUT2D eigenvalue weighted by molar-refractivity contribution is 7.90. The number of likely N-dealkylation sites (tertiary alicyclic amines) is 1. The number of rotatable bonds is 10. The summed E-state index contributed by atoms with van der Waals surface area (Å²) in [5, 5.41) is 8.88. The predicted molar refractivity (Wildman–Crippen MR) is 124 cm³/mol. The second kappa shape index (κ2) is 11.0. The molecule has 2 aromatic rings. The second-order valence-electron chi connectivity index (χ2n) is 8.51. The van der Waals surface area contributed by atoms with Gasteiger partial charge < -0.3 is 14.7 Å². The maximum atomic E-state index is 13.8. The fraction of sp³-hybridized carbons (Fsp3) is 0.417. The van der Waals surface area contributed by atoms with Gasteiger partial charge in [0.1, 0.15) is 11.9 Å². The molecule has 1 fully saturated rings. The average molecular weight is 493 g/mol. The van der Waals surface area contributed by atoms with Gasteiger partial charge in [0.25, 0.3) is 0 Å². The molecule has 2 atom stereocenters. The smallest absolute Gasteiger partial charge is 0.341 e. The highest BCUT2D eigenvalue weighted by Gasteiger charge is 2.29. The molecule has 8 nitrogen and oxygen atoms in total. The zero-order chi connectivity index (χ0) is 24.9. The first-order chi connectivity index (χ1) is 16.0. The summed E-state index contributed by atoms with van der Waals surface area (Å²) in [5.74, 6) is -0.918. The van der Waals surface area contributed by atoms with Crippen LogP contribution in [0.3, 0.4) is 0 Å². The van der Waals surface area contributed by atoms with Crippen LogP contribution < -0.4 is 4.74 Å². The SMILES string of the molecule is CN(C(=O)Cc1ccc(S(C)(=O)=O)cc1)[C@H](CN1CC[C@H](F)C1)c1cccc(OCC(=O)O)c1. The van der Waals surface area contributed by atoms with E-state index in [4.69, 9.17) is 9.84 Å². The Kier molecular flexibility index (Phi) is 8.27. The molecule has 1 N–H and O–H groups in total. The van der Waals surface area contributed by atoms with E-state index < -0.39 is 34.6 Å². The van der Waals surface area contributed by atoms with Crippen LogP contribution in [0.5, 0.6) is 5.75 Å². The molecular weight excluding hydrogens is 463 g/mol. The van der Waals surface area contributed by atoms with Crippen molar-refractivity contribution in [2.45, 2.75) is 30.0 Å². The van der Waals surface area contributed by atoms with Gasteiger partial charge in [-0.3, -0.25) is 9.69 Å². The van der Waals surface area contributed by atoms with Gasteiger partial charge in [-0.05, 0) is 41.8 Å². The van der Waals surface area contributed by atoms with Gasteiger partial charge in [-0.2, -0.15) is 0 Å². The number of ether oxygens (including phenoxy) is 1. The molecule has 1 aliphatic rings. The van der Waals surface area contributed by atoms with Gasteiger partial charge in [0.05, 0.1) is 17.4 Å². The normalized spacial score (nSPS) is 17.3. The number of carboxylic acid groups (broad SMARTS) is 1. The molecule has 0 unspecified atom stereocenters. The van der Waals surface area contributed by atoms with Crippen LogP contribution in [0.1, 0.15) is 23.6 Å². The zero-order valence-corrected chi connectivity index (χ0v) is 20.0. The molecule has 0 aliphatic carbocycles. The largest absolute Gasteiger partial charge is 0.482 e. The minimum atomic E-state index is -3.33. The number of nitrogens with zero attached hydrogens (tertiary/aromatic N) is 2. The van der Waals surface area contributed by atoms with Crippen molar-refractivity contribution in [3.63, 3.8) is 0 Å². The quantitative estimate of drug-likeness (QED) is 0.543. The summed E-state index contributed by atoms with van der Waals surface area (Å²) in [6.45, 7) is 0.808. The molecule has 2 aromatic carbocycles. The summed E-state index contributed by atoms with van der Waals surface area (Å²) in [7, 11) is -1.65. The van der Waals surface area contributed by atoms with Gasteiger partial charge in [-0.1, -0.05) is 24.3 Å². The number of alkyl halides is 1. The van der Waals surface area contributed by atoms with Crippen LogP contribution in [0.2, 0.25) is 0 Å². The Labute approximate surface area is 198 Å². The number of benzene rings is 2. The molecule has 3 rings (SSSR count). The molecule has 34 heavy (non-hydrogen) atoms. The van der Waals surface area contributed by atoms with Crippen LogP contribution in [0, 0.1) is 0 Å². The summed E-state index contributed by atoms with van der Waals surface area (Å²) >= 11 is 0. The van der Waals surface area contributed by atoms with E-state index in [-0.39, 0.29) is 17.2 Å². The molecule has 10 heteroatoms. The Morgan fingerprint density at radius 1 is 1.24 bits per heavy atom. The Morgan fingerprint density at radius 3 is 2.53 bits per heavy atom. The van der Waals surface area contributed by atoms with Crippen LogP contribution >= 0.6 is 0 Å². The molecule has 184 valence electrons. The highest BCUT2D eigenvalue weighted by Crippen LogP contribution is 2.27. The van der Waals surface area contributed by atoms with Crippen LogP contribution in [0.25, 0.3) is 0 Å². The maximum absolute atomic E-state index is 13.8. The number of amides is 1. The third-order valence-electron chi connectivity index (χ3n) is 5.82. The lowest BCUT2D eigenvalue weighted by atomic mass is 10.0. The lowest BCUT2D eigenvalue weighted by molar-refractivity contribution is -0.139. The summed E-state index contributed by atoms with van der Waals surface area (Å²) in [6, 6.07) is 12.7. The second-order valence-corrected chi connectivity index (χ2v) is 10.5. The first-order valence-electron chi connectivity index (χ1n) is 10.9. The monoisotopic (exact) mass is 492 g/mol. The first-order valence-corrected chi connectivity index (χ1v) is 12.8. The Morgan fingerprint density at radius 2 is 1.94 bits per heavy atom. The van der Waals surface area contributed by atoms with E-state index >= 15 is 0 Å². The van der Waals surface area contributed by atoms with Crippen LogP contribution in [-0.2, 0) is 25.8 Å². The standard InChI is InChI=1S/C24H29FN2O6S/c1-26(23(28)12-17-6-8-21(9-7-17)34(2,31)32)22(15-27-11-10-19(25)14-27)18-4-3-5-20(13-18)33-16-24(29)30/h3-9,13,19,22H,10-12,14-16H2,1-2H3,(H,29,30)/t19-,22+/m0/s1. The minimum absolute atomic E-state index is 0.0674. The molecular formula is C24H29FN2O6S. The molecule has 1 saturated heterocycles. The number of sulfone groups is 1. The molecule has 1 aliphatic heterocycles. The van der Waals surface area contributed by atoms with Crippen LogP contribution in [-0.4, -0.2) is 80.9 Å². The average Bonchev–Trinajstić information content (AvgIpc) is 3.20. The molecule has 1 heterocycles. The van der Waals surface area contributed by atoms with Gasteiger partial charge in [0, 0.05) is 32.9 Å². The molecule has 0 saturated carbocycles. The highest BCUT2D eigenvalue weighted by atomic mass is 32.2. The van der Waals surface area contributed by atoms with Gasteiger partial charge >= 0.3 is 5.97 Å². The van der Waals surface area contributed by atoms with E-state index in [0.29, 0.717) is 37.4 Å². The fourth-order valence-corrected chi connectivity index (χ4v) is 4.56. The zero-order valence-electron chi connectivity index (χ0n) is 19.2. The first kappa shape index (κ1) is 25.6. The topological polar surface area (TPSA) is 104 Å². The van der Waals surface area contributed by atoms with E-state index in [0.717, 1.165) is 11.8 Å². The van der Waals surface area contributed by atoms with E-state index in [1.165, 1.54) is 12.1 Å². The summed E-state index contributed by atoms with van der Waals surface area (Å²) in [6.07, 6.45) is 0.733. The Hall–Kier alpha value is -2.98. The summed E-state index contributed by atoms with van der Waals surface area (Å²) in [5.41, 5.74) is 1.42. The van der Waals surface area contributed by atoms with Crippen molar-refractivity contribution in [1.82, 2.24) is 9.80 Å². The number of hydrogen-bond acceptors (Lipinski definition) is 6. The molecule has 0 aromatic heterocycles. The number of carbonyl (C=O) groups excluding carboxylic acids is 1. The minimum Gasteiger partial charge on any atom is -0.482 e. The molecule has 1 amide bonds. The summed E-state index contributed by atoms with van der Waals surface area (Å²) in [4.78, 5) is 27.7. The number of halogens is 1. The number of hydrogen-bond donors (Lipinski definition) is 1. The number of likely N-dealkylation sites (N-methyl/N-ethyl adjacent to an activating group) is 1. The van der Waals surface area contributed by atoms with E-state index in [2.05, 4.69) is 0 Å². The van der Waals surface area contributed by atoms with Gasteiger partial charge in [-0.15, -0.1) is 0 Å². The van der Waals surface area contributed by atoms with Crippen molar-refractivity contribution in [1.29, 1.82) is 0 Å². The Bertz CT molecular complexity index is 1120. The third-order valence-corrected chi connectivity index (χ3v) is 6.95. The van der Waals surface area contributed by atoms with Gasteiger partial charge in [-0.25, -0.2) is 17.6 Å². The van der Waals surface area contributed by atoms with Crippen molar-refractivity contribution in [3.05, 3.63) is 59.7 Å². The predicted octanol–water partition coefficient (Wildman–Crippen LogP) is 2.34. The lowest BCUT2D eigenvalue weighted by Gasteiger charge is -2.32. The number of carbonyl (C=O) groups is 2. The Balaban J connectivity index is 1.80. The fourth-order valence-electron chi connectivity index (χ4n) is 3.93. The lowest BCUT2D eigenvalue weighted by Crippen LogP contribution is -2.39. The van der Waals surface area contributed by atoms with Crippen molar-refractivity contribution in [2.75, 3.05) is 39.5 Å². The van der Waals surface area contributed by atoms with E-state index in [1.54, 1.807) is 42.3 Å². The van der Waals surface area contributed by atoms with Gasteiger partial charge in [0.2, 0.25) is 5.91 Å². The number of carboxylic acids is 1. The van der Waals surface area contributed by atoms with Crippen LogP contribution in [0.4, 0.5) is 4.39 Å². The van der Waals surface area contributed by atoms with E-state index in [1.807, 2.05) is 11.0 Å². The number of aliphatic carboxylic acids is 1. The molecule has 0 spiro atoms. The van der Waals surface area contributed by atoms with E-state index in [9.17, 15) is 22.4 Å². The van der Waals surface area contributed by atoms with Gasteiger partial charge in [0.15, 0.2) is 16.4 Å². The third kappa shape index (κ3) is 7.01. The van der Waals surface area contributed by atoms with Crippen molar-refractivity contribution in [3.8, 4) is 5.75 Å². The van der Waals surface area contributed by atoms with Crippen LogP contribution in [0.15, 0.2) is 53.4 Å². The van der Waals surface area contributed by atoms with Crippen molar-refractivity contribution < 1.29 is 32.2 Å². The van der Waals surface area contributed by atoms with Crippen molar-refractivity contribution >= 4 is 21.7 Å². The molecule has 0 bridgehead atoms. The maximum Gasteiger partial charge on any atom is 0.341 e. The summed E-state index contributed by atoms with van der Waals surface area (Å²) < 4.78 is 42.4. The van der Waals surface area contributed by atoms with Crippen molar-refractivity contribution in [2.24, 2.45) is 0 Å².